The summed E-state index contributed by atoms with van der Waals surface area (Å²) in [5.74, 6) is -0.411. The van der Waals surface area contributed by atoms with Gasteiger partial charge in [-0.15, -0.1) is 0 Å². The Bertz CT molecular complexity index is 713. The molecule has 0 aliphatic heterocycles. The largest absolute Gasteiger partial charge is 0.452 e. The number of esters is 1. The lowest BCUT2D eigenvalue weighted by Crippen LogP contribution is -2.21. The van der Waals surface area contributed by atoms with E-state index in [9.17, 15) is 9.59 Å². The second-order valence-electron chi connectivity index (χ2n) is 6.28. The van der Waals surface area contributed by atoms with Gasteiger partial charge in [0.2, 0.25) is 0 Å². The second-order valence-corrected chi connectivity index (χ2v) is 6.28. The second kappa shape index (κ2) is 7.77. The molecule has 0 bridgehead atoms. The fourth-order valence-electron chi connectivity index (χ4n) is 2.46. The van der Waals surface area contributed by atoms with Crippen molar-refractivity contribution in [2.24, 2.45) is 0 Å². The summed E-state index contributed by atoms with van der Waals surface area (Å²) in [7, 11) is 0. The van der Waals surface area contributed by atoms with Crippen LogP contribution in [0.5, 0.6) is 0 Å². The van der Waals surface area contributed by atoms with Gasteiger partial charge in [-0.2, -0.15) is 0 Å². The number of hydrogen-bond donors (Lipinski definition) is 1. The Labute approximate surface area is 142 Å². The number of carbonyl (C=O) groups excluding carboxylic acids is 2. The van der Waals surface area contributed by atoms with E-state index in [0.717, 1.165) is 11.1 Å². The molecule has 4 nitrogen and oxygen atoms in total. The van der Waals surface area contributed by atoms with Gasteiger partial charge in [-0.05, 0) is 49.6 Å². The van der Waals surface area contributed by atoms with Crippen molar-refractivity contribution in [3.05, 3.63) is 64.7 Å². The normalized spacial score (nSPS) is 10.5. The Morgan fingerprint density at radius 1 is 1.00 bits per heavy atom. The lowest BCUT2D eigenvalue weighted by molar-refractivity contribution is -0.119. The van der Waals surface area contributed by atoms with Crippen molar-refractivity contribution in [1.29, 1.82) is 0 Å². The summed E-state index contributed by atoms with van der Waals surface area (Å²) in [6.07, 6.45) is 0. The van der Waals surface area contributed by atoms with Crippen molar-refractivity contribution in [3.8, 4) is 0 Å². The molecule has 0 saturated heterocycles. The predicted molar refractivity (Wildman–Crippen MR) is 95.4 cm³/mol. The average Bonchev–Trinajstić information content (AvgIpc) is 2.52. The third-order valence-corrected chi connectivity index (χ3v) is 3.65. The van der Waals surface area contributed by atoms with Gasteiger partial charge in [0.05, 0.1) is 5.56 Å². The molecule has 0 radical (unpaired) electrons. The van der Waals surface area contributed by atoms with E-state index in [1.165, 1.54) is 5.56 Å². The van der Waals surface area contributed by atoms with Gasteiger partial charge in [0, 0.05) is 5.69 Å². The van der Waals surface area contributed by atoms with E-state index in [4.69, 9.17) is 4.74 Å². The summed E-state index contributed by atoms with van der Waals surface area (Å²) in [4.78, 5) is 23.9. The zero-order valence-corrected chi connectivity index (χ0v) is 14.6. The quantitative estimate of drug-likeness (QED) is 0.837. The van der Waals surface area contributed by atoms with Crippen LogP contribution >= 0.6 is 0 Å². The van der Waals surface area contributed by atoms with Crippen molar-refractivity contribution < 1.29 is 14.3 Å². The van der Waals surface area contributed by atoms with Gasteiger partial charge in [0.15, 0.2) is 6.61 Å². The maximum Gasteiger partial charge on any atom is 0.338 e. The van der Waals surface area contributed by atoms with Gasteiger partial charge >= 0.3 is 5.97 Å². The minimum Gasteiger partial charge on any atom is -0.452 e. The molecule has 0 aliphatic rings. The molecule has 2 aromatic rings. The molecule has 126 valence electrons. The van der Waals surface area contributed by atoms with E-state index in [0.29, 0.717) is 17.2 Å². The van der Waals surface area contributed by atoms with Gasteiger partial charge in [-0.1, -0.05) is 43.2 Å². The fraction of sp³-hybridized carbons (Fsp3) is 0.300. The molecule has 2 aromatic carbocycles. The Kier molecular flexibility index (Phi) is 5.74. The molecule has 0 aliphatic carbocycles. The summed E-state index contributed by atoms with van der Waals surface area (Å²) in [6.45, 7) is 7.74. The van der Waals surface area contributed by atoms with Crippen molar-refractivity contribution in [2.75, 3.05) is 11.9 Å². The highest BCUT2D eigenvalue weighted by molar-refractivity contribution is 5.95. The van der Waals surface area contributed by atoms with Gasteiger partial charge in [-0.25, -0.2) is 4.79 Å². The molecule has 4 heteroatoms. The maximum atomic E-state index is 12.0. The summed E-state index contributed by atoms with van der Waals surface area (Å²) >= 11 is 0. The van der Waals surface area contributed by atoms with Crippen LogP contribution in [-0.2, 0) is 9.53 Å². The van der Waals surface area contributed by atoms with Gasteiger partial charge in [0.25, 0.3) is 5.91 Å². The van der Waals surface area contributed by atoms with Crippen molar-refractivity contribution >= 4 is 17.6 Å². The smallest absolute Gasteiger partial charge is 0.338 e. The molecule has 0 atom stereocenters. The van der Waals surface area contributed by atoms with Crippen LogP contribution in [0.3, 0.4) is 0 Å². The number of nitrogens with one attached hydrogen (secondary N) is 1. The zero-order chi connectivity index (χ0) is 17.7. The molecule has 2 rings (SSSR count). The van der Waals surface area contributed by atoms with Gasteiger partial charge in [0.1, 0.15) is 0 Å². The number of carbonyl (C=O) groups is 2. The predicted octanol–water partition coefficient (Wildman–Crippen LogP) is 4.22. The van der Waals surface area contributed by atoms with Crippen LogP contribution in [0.15, 0.2) is 42.5 Å². The fourth-order valence-corrected chi connectivity index (χ4v) is 2.46. The van der Waals surface area contributed by atoms with Crippen LogP contribution in [-0.4, -0.2) is 18.5 Å². The van der Waals surface area contributed by atoms with Crippen molar-refractivity contribution in [1.82, 2.24) is 0 Å². The van der Waals surface area contributed by atoms with Crippen LogP contribution in [0.4, 0.5) is 5.69 Å². The number of anilines is 1. The monoisotopic (exact) mass is 325 g/mol. The van der Waals surface area contributed by atoms with E-state index in [1.54, 1.807) is 12.1 Å². The molecule has 0 fully saturated rings. The molecule has 0 spiro atoms. The highest BCUT2D eigenvalue weighted by Gasteiger charge is 2.11. The molecule has 1 N–H and O–H groups in total. The topological polar surface area (TPSA) is 55.4 Å². The lowest BCUT2D eigenvalue weighted by Gasteiger charge is -2.09. The summed E-state index contributed by atoms with van der Waals surface area (Å²) in [5, 5.41) is 2.72. The molecule has 0 unspecified atom stereocenters. The number of amides is 1. The van der Waals surface area contributed by atoms with E-state index < -0.39 is 5.97 Å². The zero-order valence-electron chi connectivity index (χ0n) is 14.6. The Morgan fingerprint density at radius 3 is 2.12 bits per heavy atom. The lowest BCUT2D eigenvalue weighted by atomic mass is 10.0. The number of ether oxygens (including phenoxy) is 1. The Balaban J connectivity index is 1.89. The first-order valence-electron chi connectivity index (χ1n) is 8.00. The highest BCUT2D eigenvalue weighted by Crippen LogP contribution is 2.17. The first kappa shape index (κ1) is 17.7. The Hall–Kier alpha value is -2.62. The van der Waals surface area contributed by atoms with Crippen molar-refractivity contribution in [2.45, 2.75) is 33.6 Å². The number of aryl methyl sites for hydroxylation is 2. The molecular weight excluding hydrogens is 302 g/mol. The van der Waals surface area contributed by atoms with Crippen LogP contribution in [0.25, 0.3) is 0 Å². The molecular formula is C20H23NO3. The van der Waals surface area contributed by atoms with E-state index in [2.05, 4.69) is 19.2 Å². The highest BCUT2D eigenvalue weighted by atomic mass is 16.5. The SMILES string of the molecule is Cc1cc(C)cc(C(=O)OCC(=O)Nc2ccc(C(C)C)cc2)c1. The standard InChI is InChI=1S/C20H23NO3/c1-13(2)16-5-7-18(8-6-16)21-19(22)12-24-20(23)17-10-14(3)9-15(4)11-17/h5-11,13H,12H2,1-4H3,(H,21,22). The minimum atomic E-state index is -0.493. The number of benzene rings is 2. The molecule has 1 amide bonds. The number of rotatable bonds is 5. The van der Waals surface area contributed by atoms with Crippen molar-refractivity contribution in [3.63, 3.8) is 0 Å². The molecule has 0 aromatic heterocycles. The van der Waals surface area contributed by atoms with Crippen LogP contribution in [0.2, 0.25) is 0 Å². The first-order valence-corrected chi connectivity index (χ1v) is 8.00. The van der Waals surface area contributed by atoms with Crippen LogP contribution < -0.4 is 5.32 Å². The third-order valence-electron chi connectivity index (χ3n) is 3.65. The summed E-state index contributed by atoms with van der Waals surface area (Å²) in [6, 6.07) is 13.1. The minimum absolute atomic E-state index is 0.308. The first-order chi connectivity index (χ1) is 11.3. The Morgan fingerprint density at radius 2 is 1.58 bits per heavy atom. The van der Waals surface area contributed by atoms with Crippen LogP contribution in [0, 0.1) is 13.8 Å². The molecule has 0 saturated carbocycles. The summed E-state index contributed by atoms with van der Waals surface area (Å²) < 4.78 is 5.08. The third kappa shape index (κ3) is 4.95. The van der Waals surface area contributed by atoms with Gasteiger partial charge in [-0.3, -0.25) is 4.79 Å². The molecule has 0 heterocycles. The van der Waals surface area contributed by atoms with E-state index in [-0.39, 0.29) is 12.5 Å². The summed E-state index contributed by atoms with van der Waals surface area (Å²) in [5.41, 5.74) is 4.32. The average molecular weight is 325 g/mol. The maximum absolute atomic E-state index is 12.0. The molecule has 24 heavy (non-hydrogen) atoms. The van der Waals surface area contributed by atoms with E-state index >= 15 is 0 Å². The van der Waals surface area contributed by atoms with E-state index in [1.807, 2.05) is 44.2 Å². The van der Waals surface area contributed by atoms with Gasteiger partial charge < -0.3 is 10.1 Å². The number of hydrogen-bond acceptors (Lipinski definition) is 3. The van der Waals surface area contributed by atoms with Crippen LogP contribution in [0.1, 0.15) is 46.8 Å².